The van der Waals surface area contributed by atoms with Crippen molar-refractivity contribution in [3.8, 4) is 0 Å². The molecule has 1 saturated carbocycles. The van der Waals surface area contributed by atoms with Crippen molar-refractivity contribution < 1.29 is 0 Å². The fraction of sp³-hybridized carbons (Fsp3) is 0.667. The van der Waals surface area contributed by atoms with Gasteiger partial charge in [-0.25, -0.2) is 4.98 Å². The normalized spacial score (nSPS) is 19.8. The second kappa shape index (κ2) is 3.48. The maximum absolute atomic E-state index is 5.76. The summed E-state index contributed by atoms with van der Waals surface area (Å²) in [7, 11) is 0. The molecule has 0 saturated heterocycles. The van der Waals surface area contributed by atoms with Crippen molar-refractivity contribution >= 4 is 11.6 Å². The quantitative estimate of drug-likeness (QED) is 0.714. The van der Waals surface area contributed by atoms with Crippen molar-refractivity contribution in [2.45, 2.75) is 38.0 Å². The zero-order chi connectivity index (χ0) is 8.39. The molecule has 0 unspecified atom stereocenters. The maximum atomic E-state index is 5.76. The summed E-state index contributed by atoms with van der Waals surface area (Å²) in [6.07, 6.45) is 8.29. The molecule has 1 aliphatic carbocycles. The number of imidazole rings is 1. The van der Waals surface area contributed by atoms with Crippen LogP contribution in [0.5, 0.6) is 0 Å². The topological polar surface area (TPSA) is 28.7 Å². The van der Waals surface area contributed by atoms with Crippen molar-refractivity contribution in [2.24, 2.45) is 0 Å². The maximum Gasteiger partial charge on any atom is 0.126 e. The van der Waals surface area contributed by atoms with E-state index in [0.717, 1.165) is 5.82 Å². The summed E-state index contributed by atoms with van der Waals surface area (Å²) >= 11 is 5.76. The molecular formula is C9H13ClN2. The van der Waals surface area contributed by atoms with Gasteiger partial charge in [-0.15, -0.1) is 0 Å². The predicted octanol–water partition coefficient (Wildman–Crippen LogP) is 3.11. The highest BCUT2D eigenvalue weighted by Gasteiger charge is 2.17. The van der Waals surface area contributed by atoms with E-state index in [2.05, 4.69) is 9.97 Å². The number of hydrogen-bond acceptors (Lipinski definition) is 1. The lowest BCUT2D eigenvalue weighted by molar-refractivity contribution is 0.431. The molecule has 2 nitrogen and oxygen atoms in total. The molecule has 0 bridgehead atoms. The van der Waals surface area contributed by atoms with Crippen LogP contribution in [0.2, 0.25) is 5.15 Å². The summed E-state index contributed by atoms with van der Waals surface area (Å²) in [5.41, 5.74) is 0. The second-order valence-electron chi connectivity index (χ2n) is 3.45. The van der Waals surface area contributed by atoms with Gasteiger partial charge in [0.15, 0.2) is 0 Å². The Morgan fingerprint density at radius 1 is 1.33 bits per heavy atom. The monoisotopic (exact) mass is 184 g/mol. The highest BCUT2D eigenvalue weighted by molar-refractivity contribution is 6.29. The molecule has 1 N–H and O–H groups in total. The molecule has 0 spiro atoms. The highest BCUT2D eigenvalue weighted by Crippen LogP contribution is 2.31. The summed E-state index contributed by atoms with van der Waals surface area (Å²) in [5.74, 6) is 1.71. The van der Waals surface area contributed by atoms with Gasteiger partial charge in [-0.3, -0.25) is 0 Å². The summed E-state index contributed by atoms with van der Waals surface area (Å²) in [5, 5.41) is 0.663. The second-order valence-corrected chi connectivity index (χ2v) is 3.86. The molecule has 1 heterocycles. The number of aromatic amines is 1. The zero-order valence-electron chi connectivity index (χ0n) is 7.02. The molecule has 0 atom stereocenters. The molecule has 12 heavy (non-hydrogen) atoms. The first-order chi connectivity index (χ1) is 5.86. The molecule has 0 amide bonds. The van der Waals surface area contributed by atoms with E-state index in [0.29, 0.717) is 11.1 Å². The van der Waals surface area contributed by atoms with Gasteiger partial charge in [0.2, 0.25) is 0 Å². The molecule has 2 rings (SSSR count). The van der Waals surface area contributed by atoms with Crippen LogP contribution in [0.15, 0.2) is 6.20 Å². The molecule has 0 aliphatic heterocycles. The molecule has 3 heteroatoms. The van der Waals surface area contributed by atoms with Gasteiger partial charge in [-0.2, -0.15) is 0 Å². The Hall–Kier alpha value is -0.500. The van der Waals surface area contributed by atoms with Gasteiger partial charge in [0, 0.05) is 5.92 Å². The number of nitrogens with one attached hydrogen (secondary N) is 1. The van der Waals surface area contributed by atoms with Gasteiger partial charge in [-0.1, -0.05) is 30.9 Å². The molecule has 0 radical (unpaired) electrons. The molecule has 1 aromatic rings. The Kier molecular flexibility index (Phi) is 2.35. The summed E-state index contributed by atoms with van der Waals surface area (Å²) in [4.78, 5) is 7.35. The van der Waals surface area contributed by atoms with Gasteiger partial charge in [-0.05, 0) is 12.8 Å². The number of aromatic nitrogens is 2. The Morgan fingerprint density at radius 2 is 2.08 bits per heavy atom. The number of nitrogens with zero attached hydrogens (tertiary/aromatic N) is 1. The lowest BCUT2D eigenvalue weighted by Crippen LogP contribution is -2.05. The van der Waals surface area contributed by atoms with Gasteiger partial charge >= 0.3 is 0 Å². The Bertz CT molecular complexity index is 251. The van der Waals surface area contributed by atoms with Crippen LogP contribution >= 0.6 is 11.6 Å². The van der Waals surface area contributed by atoms with Gasteiger partial charge in [0.05, 0.1) is 6.20 Å². The van der Waals surface area contributed by atoms with Crippen LogP contribution in [0.25, 0.3) is 0 Å². The van der Waals surface area contributed by atoms with Crippen molar-refractivity contribution in [2.75, 3.05) is 0 Å². The minimum absolute atomic E-state index is 0.631. The summed E-state index contributed by atoms with van der Waals surface area (Å²) in [6, 6.07) is 0. The SMILES string of the molecule is Clc1cnc(C2CCCCC2)[nH]1. The van der Waals surface area contributed by atoms with Crippen molar-refractivity contribution in [1.82, 2.24) is 9.97 Å². The third kappa shape index (κ3) is 1.63. The number of H-pyrrole nitrogens is 1. The van der Waals surface area contributed by atoms with E-state index >= 15 is 0 Å². The molecule has 1 fully saturated rings. The van der Waals surface area contributed by atoms with Gasteiger partial charge in [0.25, 0.3) is 0 Å². The lowest BCUT2D eigenvalue weighted by atomic mass is 9.89. The average molecular weight is 185 g/mol. The van der Waals surface area contributed by atoms with Crippen LogP contribution < -0.4 is 0 Å². The van der Waals surface area contributed by atoms with Gasteiger partial charge < -0.3 is 4.98 Å². The van der Waals surface area contributed by atoms with E-state index in [-0.39, 0.29) is 0 Å². The first-order valence-corrected chi connectivity index (χ1v) is 4.94. The number of rotatable bonds is 1. The van der Waals surface area contributed by atoms with E-state index < -0.39 is 0 Å². The number of hydrogen-bond donors (Lipinski definition) is 1. The molecule has 66 valence electrons. The van der Waals surface area contributed by atoms with Crippen LogP contribution in [-0.2, 0) is 0 Å². The fourth-order valence-electron chi connectivity index (χ4n) is 1.90. The summed E-state index contributed by atoms with van der Waals surface area (Å²) < 4.78 is 0. The van der Waals surface area contributed by atoms with Crippen LogP contribution in [0.1, 0.15) is 43.8 Å². The van der Waals surface area contributed by atoms with E-state index in [9.17, 15) is 0 Å². The predicted molar refractivity (Wildman–Crippen MR) is 49.4 cm³/mol. The Morgan fingerprint density at radius 3 is 2.67 bits per heavy atom. The lowest BCUT2D eigenvalue weighted by Gasteiger charge is -2.18. The fourth-order valence-corrected chi connectivity index (χ4v) is 2.04. The average Bonchev–Trinajstić information content (AvgIpc) is 2.54. The Labute approximate surface area is 77.3 Å². The third-order valence-electron chi connectivity index (χ3n) is 2.56. The van der Waals surface area contributed by atoms with Crippen molar-refractivity contribution in [3.05, 3.63) is 17.2 Å². The zero-order valence-corrected chi connectivity index (χ0v) is 7.77. The smallest absolute Gasteiger partial charge is 0.126 e. The van der Waals surface area contributed by atoms with Crippen LogP contribution in [0, 0.1) is 0 Å². The number of halogens is 1. The molecular weight excluding hydrogens is 172 g/mol. The molecule has 1 aromatic heterocycles. The van der Waals surface area contributed by atoms with E-state index in [1.807, 2.05) is 0 Å². The van der Waals surface area contributed by atoms with E-state index in [1.54, 1.807) is 6.20 Å². The van der Waals surface area contributed by atoms with E-state index in [4.69, 9.17) is 11.6 Å². The van der Waals surface area contributed by atoms with Crippen molar-refractivity contribution in [1.29, 1.82) is 0 Å². The Balaban J connectivity index is 2.08. The minimum Gasteiger partial charge on any atom is -0.333 e. The van der Waals surface area contributed by atoms with Crippen LogP contribution in [-0.4, -0.2) is 9.97 Å². The van der Waals surface area contributed by atoms with E-state index in [1.165, 1.54) is 32.1 Å². The molecule has 1 aliphatic rings. The standard InChI is InChI=1S/C9H13ClN2/c10-8-6-11-9(12-8)7-4-2-1-3-5-7/h6-7H,1-5H2,(H,11,12). The van der Waals surface area contributed by atoms with Gasteiger partial charge in [0.1, 0.15) is 11.0 Å². The summed E-state index contributed by atoms with van der Waals surface area (Å²) in [6.45, 7) is 0. The minimum atomic E-state index is 0.631. The largest absolute Gasteiger partial charge is 0.333 e. The third-order valence-corrected chi connectivity index (χ3v) is 2.75. The highest BCUT2D eigenvalue weighted by atomic mass is 35.5. The van der Waals surface area contributed by atoms with Crippen molar-refractivity contribution in [3.63, 3.8) is 0 Å². The molecule has 0 aromatic carbocycles. The van der Waals surface area contributed by atoms with Crippen LogP contribution in [0.3, 0.4) is 0 Å². The van der Waals surface area contributed by atoms with Crippen LogP contribution in [0.4, 0.5) is 0 Å². The first-order valence-electron chi connectivity index (χ1n) is 4.56. The first kappa shape index (κ1) is 8.11.